The molecule has 2 aromatic carbocycles. The van der Waals surface area contributed by atoms with Gasteiger partial charge in [-0.2, -0.15) is 0 Å². The van der Waals surface area contributed by atoms with Crippen LogP contribution in [0.4, 0.5) is 0 Å². The summed E-state index contributed by atoms with van der Waals surface area (Å²) in [5.41, 5.74) is 1.28. The molecule has 4 nitrogen and oxygen atoms in total. The molecule has 1 heterocycles. The zero-order valence-corrected chi connectivity index (χ0v) is 16.7. The minimum absolute atomic E-state index is 0.651. The van der Waals surface area contributed by atoms with Crippen LogP contribution in [0.15, 0.2) is 64.6 Å². The predicted octanol–water partition coefficient (Wildman–Crippen LogP) is 5.07. The van der Waals surface area contributed by atoms with Gasteiger partial charge in [0, 0.05) is 17.2 Å². The van der Waals surface area contributed by atoms with Crippen LogP contribution in [0.25, 0.3) is 0 Å². The third-order valence-corrected chi connectivity index (χ3v) is 5.76. The van der Waals surface area contributed by atoms with Gasteiger partial charge < -0.3 is 9.30 Å². The number of aryl methyl sites for hydroxylation is 1. The first-order valence-corrected chi connectivity index (χ1v) is 10.7. The van der Waals surface area contributed by atoms with Crippen molar-refractivity contribution in [1.29, 1.82) is 0 Å². The normalized spacial score (nSPS) is 10.8. The van der Waals surface area contributed by atoms with Crippen LogP contribution in [0, 0.1) is 6.92 Å². The molecule has 0 saturated heterocycles. The fourth-order valence-corrected chi connectivity index (χ4v) is 4.12. The maximum atomic E-state index is 5.74. The quantitative estimate of drug-likeness (QED) is 0.380. The molecule has 0 N–H and O–H groups in total. The average Bonchev–Trinajstić information content (AvgIpc) is 3.07. The smallest absolute Gasteiger partial charge is 0.191 e. The zero-order valence-electron chi connectivity index (χ0n) is 15.1. The molecule has 0 saturated carbocycles. The van der Waals surface area contributed by atoms with E-state index in [1.165, 1.54) is 10.5 Å². The molecule has 0 radical (unpaired) electrons. The lowest BCUT2D eigenvalue weighted by Gasteiger charge is -2.08. The van der Waals surface area contributed by atoms with E-state index in [2.05, 4.69) is 52.9 Å². The Balaban J connectivity index is 1.51. The van der Waals surface area contributed by atoms with E-state index < -0.39 is 0 Å². The molecule has 0 aliphatic rings. The Labute approximate surface area is 163 Å². The monoisotopic (exact) mass is 385 g/mol. The molecule has 0 unspecified atom stereocenters. The minimum atomic E-state index is 0.651. The van der Waals surface area contributed by atoms with Gasteiger partial charge in [0.05, 0.1) is 12.4 Å². The summed E-state index contributed by atoms with van der Waals surface area (Å²) in [4.78, 5) is 1.26. The molecule has 0 bridgehead atoms. The molecule has 3 aromatic rings. The summed E-state index contributed by atoms with van der Waals surface area (Å²) < 4.78 is 7.93. The van der Waals surface area contributed by atoms with Crippen molar-refractivity contribution < 1.29 is 4.74 Å². The minimum Gasteiger partial charge on any atom is -0.493 e. The van der Waals surface area contributed by atoms with E-state index in [0.29, 0.717) is 6.61 Å². The van der Waals surface area contributed by atoms with Crippen molar-refractivity contribution in [2.75, 3.05) is 12.4 Å². The second kappa shape index (κ2) is 9.69. The maximum Gasteiger partial charge on any atom is 0.191 e. The van der Waals surface area contributed by atoms with E-state index in [1.54, 1.807) is 23.5 Å². The summed E-state index contributed by atoms with van der Waals surface area (Å²) in [5, 5.41) is 9.71. The highest BCUT2D eigenvalue weighted by Crippen LogP contribution is 2.25. The van der Waals surface area contributed by atoms with Crippen molar-refractivity contribution >= 4 is 23.5 Å². The number of nitrogens with zero attached hydrogens (tertiary/aromatic N) is 3. The van der Waals surface area contributed by atoms with Gasteiger partial charge in [0.25, 0.3) is 0 Å². The molecule has 0 atom stereocenters. The molecule has 0 fully saturated rings. The highest BCUT2D eigenvalue weighted by molar-refractivity contribution is 7.99. The zero-order chi connectivity index (χ0) is 18.2. The van der Waals surface area contributed by atoms with E-state index >= 15 is 0 Å². The van der Waals surface area contributed by atoms with Crippen LogP contribution in [0.3, 0.4) is 0 Å². The summed E-state index contributed by atoms with van der Waals surface area (Å²) in [6.07, 6.45) is 0. The number of thioether (sulfide) groups is 2. The lowest BCUT2D eigenvalue weighted by atomic mass is 10.2. The first kappa shape index (κ1) is 18.9. The number of aromatic nitrogens is 3. The van der Waals surface area contributed by atoms with Crippen LogP contribution in [-0.2, 0) is 12.3 Å². The van der Waals surface area contributed by atoms with Crippen molar-refractivity contribution in [3.8, 4) is 5.75 Å². The Morgan fingerprint density at radius 2 is 1.73 bits per heavy atom. The highest BCUT2D eigenvalue weighted by Gasteiger charge is 2.11. The van der Waals surface area contributed by atoms with Crippen molar-refractivity contribution in [2.45, 2.75) is 36.2 Å². The fourth-order valence-electron chi connectivity index (χ4n) is 2.44. The number of para-hydroxylation sites is 1. The molecular formula is C20H23N3OS2. The highest BCUT2D eigenvalue weighted by atomic mass is 32.2. The Bertz CT molecular complexity index is 804. The summed E-state index contributed by atoms with van der Waals surface area (Å²) in [7, 11) is 0. The van der Waals surface area contributed by atoms with E-state index in [4.69, 9.17) is 4.74 Å². The van der Waals surface area contributed by atoms with Gasteiger partial charge in [-0.25, -0.2) is 0 Å². The first-order valence-electron chi connectivity index (χ1n) is 8.68. The second-order valence-electron chi connectivity index (χ2n) is 5.75. The SMILES string of the molecule is CCn1c(CSc2ccc(C)cc2)nnc1SCCOc1ccccc1. The Hall–Kier alpha value is -1.92. The Morgan fingerprint density at radius 3 is 2.46 bits per heavy atom. The number of hydrogen-bond donors (Lipinski definition) is 0. The van der Waals surface area contributed by atoms with Gasteiger partial charge >= 0.3 is 0 Å². The average molecular weight is 386 g/mol. The Morgan fingerprint density at radius 1 is 0.962 bits per heavy atom. The standard InChI is InChI=1S/C20H23N3OS2/c1-3-23-19(15-26-18-11-9-16(2)10-12-18)21-22-20(23)25-14-13-24-17-7-5-4-6-8-17/h4-12H,3,13-15H2,1-2H3. The van der Waals surface area contributed by atoms with E-state index in [9.17, 15) is 0 Å². The number of ether oxygens (including phenoxy) is 1. The number of hydrogen-bond acceptors (Lipinski definition) is 5. The summed E-state index contributed by atoms with van der Waals surface area (Å²) in [6.45, 7) is 5.76. The third kappa shape index (κ3) is 5.29. The van der Waals surface area contributed by atoms with Crippen LogP contribution in [0.5, 0.6) is 5.75 Å². The molecule has 0 spiro atoms. The van der Waals surface area contributed by atoms with E-state index in [0.717, 1.165) is 34.8 Å². The third-order valence-electron chi connectivity index (χ3n) is 3.83. The van der Waals surface area contributed by atoms with E-state index in [1.807, 2.05) is 30.3 Å². The summed E-state index contributed by atoms with van der Waals surface area (Å²) in [6, 6.07) is 18.5. The molecule has 0 aliphatic carbocycles. The van der Waals surface area contributed by atoms with Gasteiger partial charge in [-0.3, -0.25) is 0 Å². The van der Waals surface area contributed by atoms with Gasteiger partial charge in [-0.1, -0.05) is 47.7 Å². The molecule has 0 amide bonds. The lowest BCUT2D eigenvalue weighted by molar-refractivity contribution is 0.344. The largest absolute Gasteiger partial charge is 0.493 e. The molecular weight excluding hydrogens is 362 g/mol. The fraction of sp³-hybridized carbons (Fsp3) is 0.300. The molecule has 26 heavy (non-hydrogen) atoms. The van der Waals surface area contributed by atoms with Crippen LogP contribution >= 0.6 is 23.5 Å². The van der Waals surface area contributed by atoms with Crippen molar-refractivity contribution in [1.82, 2.24) is 14.8 Å². The van der Waals surface area contributed by atoms with Crippen LogP contribution in [0.1, 0.15) is 18.3 Å². The molecule has 136 valence electrons. The van der Waals surface area contributed by atoms with Crippen molar-refractivity contribution in [2.24, 2.45) is 0 Å². The van der Waals surface area contributed by atoms with Gasteiger partial charge in [-0.15, -0.1) is 22.0 Å². The van der Waals surface area contributed by atoms with Gasteiger partial charge in [0.2, 0.25) is 0 Å². The predicted molar refractivity (Wildman–Crippen MR) is 109 cm³/mol. The van der Waals surface area contributed by atoms with Crippen LogP contribution in [0.2, 0.25) is 0 Å². The lowest BCUT2D eigenvalue weighted by Crippen LogP contribution is -2.04. The first-order chi connectivity index (χ1) is 12.8. The summed E-state index contributed by atoms with van der Waals surface area (Å²) >= 11 is 3.48. The Kier molecular flexibility index (Phi) is 7.03. The van der Waals surface area contributed by atoms with E-state index in [-0.39, 0.29) is 0 Å². The molecule has 1 aromatic heterocycles. The molecule has 6 heteroatoms. The molecule has 0 aliphatic heterocycles. The number of rotatable bonds is 9. The van der Waals surface area contributed by atoms with Gasteiger partial charge in [0.1, 0.15) is 11.6 Å². The van der Waals surface area contributed by atoms with Crippen LogP contribution in [-0.4, -0.2) is 27.1 Å². The van der Waals surface area contributed by atoms with Gasteiger partial charge in [0.15, 0.2) is 5.16 Å². The van der Waals surface area contributed by atoms with Crippen molar-refractivity contribution in [3.05, 3.63) is 66.0 Å². The topological polar surface area (TPSA) is 39.9 Å². The van der Waals surface area contributed by atoms with Gasteiger partial charge in [-0.05, 0) is 38.1 Å². The van der Waals surface area contributed by atoms with Crippen LogP contribution < -0.4 is 4.74 Å². The number of benzene rings is 2. The maximum absolute atomic E-state index is 5.74. The molecule has 3 rings (SSSR count). The second-order valence-corrected chi connectivity index (χ2v) is 7.87. The van der Waals surface area contributed by atoms with Crippen molar-refractivity contribution in [3.63, 3.8) is 0 Å². The summed E-state index contributed by atoms with van der Waals surface area (Å²) in [5.74, 6) is 3.59.